The van der Waals surface area contributed by atoms with Crippen molar-refractivity contribution in [3.63, 3.8) is 0 Å². The maximum absolute atomic E-state index is 14.4. The third-order valence-electron chi connectivity index (χ3n) is 3.92. The van der Waals surface area contributed by atoms with Crippen LogP contribution in [-0.4, -0.2) is 32.3 Å². The lowest BCUT2D eigenvalue weighted by Gasteiger charge is -2.38. The number of ether oxygens (including phenoxy) is 1. The van der Waals surface area contributed by atoms with Gasteiger partial charge in [0.25, 0.3) is 0 Å². The highest BCUT2D eigenvalue weighted by molar-refractivity contribution is 5.56. The highest BCUT2D eigenvalue weighted by atomic mass is 19.1. The number of halogens is 1. The van der Waals surface area contributed by atoms with Gasteiger partial charge >= 0.3 is 0 Å². The molecule has 4 heteroatoms. The summed E-state index contributed by atoms with van der Waals surface area (Å²) in [5.74, 6) is 0.466. The zero-order valence-electron chi connectivity index (χ0n) is 13.4. The number of anilines is 1. The van der Waals surface area contributed by atoms with Crippen LogP contribution in [0.5, 0.6) is 0 Å². The Morgan fingerprint density at radius 1 is 1.43 bits per heavy atom. The summed E-state index contributed by atoms with van der Waals surface area (Å²) in [6, 6.07) is 5.64. The van der Waals surface area contributed by atoms with Gasteiger partial charge in [-0.05, 0) is 30.5 Å². The van der Waals surface area contributed by atoms with Crippen LogP contribution in [0, 0.1) is 11.7 Å². The number of para-hydroxylation sites is 1. The molecule has 0 aliphatic carbocycles. The number of rotatable bonds is 6. The Balaban J connectivity index is 2.19. The third kappa shape index (κ3) is 4.17. The molecular formula is C17H27FN2O. The summed E-state index contributed by atoms with van der Waals surface area (Å²) < 4.78 is 20.0. The SMILES string of the molecule is CCC1COCCN1c1c(F)cccc1CNCC(C)C. The first kappa shape index (κ1) is 16.2. The van der Waals surface area contributed by atoms with Crippen LogP contribution in [0.1, 0.15) is 32.8 Å². The van der Waals surface area contributed by atoms with E-state index in [4.69, 9.17) is 4.74 Å². The van der Waals surface area contributed by atoms with E-state index in [0.29, 0.717) is 25.7 Å². The van der Waals surface area contributed by atoms with Gasteiger partial charge in [0, 0.05) is 13.1 Å². The Morgan fingerprint density at radius 3 is 2.95 bits per heavy atom. The Morgan fingerprint density at radius 2 is 2.24 bits per heavy atom. The predicted octanol–water partition coefficient (Wildman–Crippen LogP) is 3.19. The zero-order chi connectivity index (χ0) is 15.2. The molecule has 0 spiro atoms. The van der Waals surface area contributed by atoms with Crippen molar-refractivity contribution in [3.05, 3.63) is 29.6 Å². The smallest absolute Gasteiger partial charge is 0.146 e. The van der Waals surface area contributed by atoms with Crippen molar-refractivity contribution in [3.8, 4) is 0 Å². The Bertz CT molecular complexity index is 450. The number of morpholine rings is 1. The Hall–Kier alpha value is -1.13. The summed E-state index contributed by atoms with van der Waals surface area (Å²) in [4.78, 5) is 2.19. The van der Waals surface area contributed by atoms with Crippen LogP contribution in [0.3, 0.4) is 0 Å². The second-order valence-electron chi connectivity index (χ2n) is 6.10. The van der Waals surface area contributed by atoms with Gasteiger partial charge in [0.2, 0.25) is 0 Å². The molecule has 1 fully saturated rings. The fourth-order valence-electron chi connectivity index (χ4n) is 2.81. The number of hydrogen-bond acceptors (Lipinski definition) is 3. The molecule has 1 heterocycles. The Kier molecular flexibility index (Phi) is 6.00. The van der Waals surface area contributed by atoms with Gasteiger partial charge in [0.1, 0.15) is 5.82 Å². The standard InChI is InChI=1S/C17H27FN2O/c1-4-15-12-21-9-8-20(15)17-14(6-5-7-16(17)18)11-19-10-13(2)3/h5-7,13,15,19H,4,8-12H2,1-3H3. The van der Waals surface area contributed by atoms with Crippen LogP contribution in [-0.2, 0) is 11.3 Å². The molecule has 1 aromatic rings. The number of nitrogens with zero attached hydrogens (tertiary/aromatic N) is 1. The molecule has 1 N–H and O–H groups in total. The van der Waals surface area contributed by atoms with Crippen molar-refractivity contribution in [1.29, 1.82) is 0 Å². The van der Waals surface area contributed by atoms with Crippen LogP contribution in [0.2, 0.25) is 0 Å². The van der Waals surface area contributed by atoms with Crippen LogP contribution in [0.15, 0.2) is 18.2 Å². The molecule has 0 bridgehead atoms. The molecule has 2 rings (SSSR count). The van der Waals surface area contributed by atoms with Crippen LogP contribution >= 0.6 is 0 Å². The molecule has 1 aromatic carbocycles. The Labute approximate surface area is 127 Å². The molecule has 0 amide bonds. The van der Waals surface area contributed by atoms with Gasteiger partial charge in [-0.1, -0.05) is 32.9 Å². The van der Waals surface area contributed by atoms with Gasteiger partial charge < -0.3 is 15.0 Å². The first-order valence-electron chi connectivity index (χ1n) is 7.96. The van der Waals surface area contributed by atoms with Crippen molar-refractivity contribution < 1.29 is 9.13 Å². The van der Waals surface area contributed by atoms with Gasteiger partial charge in [-0.3, -0.25) is 0 Å². The first-order chi connectivity index (χ1) is 10.1. The number of hydrogen-bond donors (Lipinski definition) is 1. The lowest BCUT2D eigenvalue weighted by atomic mass is 10.1. The van der Waals surface area contributed by atoms with E-state index in [1.54, 1.807) is 12.1 Å². The van der Waals surface area contributed by atoms with Crippen molar-refractivity contribution in [2.75, 3.05) is 31.2 Å². The molecule has 1 aliphatic rings. The molecule has 1 saturated heterocycles. The minimum absolute atomic E-state index is 0.126. The molecule has 0 saturated carbocycles. The average molecular weight is 294 g/mol. The van der Waals surface area contributed by atoms with Crippen molar-refractivity contribution >= 4 is 5.69 Å². The molecular weight excluding hydrogens is 267 g/mol. The lowest BCUT2D eigenvalue weighted by Crippen LogP contribution is -2.46. The van der Waals surface area contributed by atoms with Crippen LogP contribution in [0.25, 0.3) is 0 Å². The second kappa shape index (κ2) is 7.76. The summed E-state index contributed by atoms with van der Waals surface area (Å²) in [5, 5.41) is 3.42. The molecule has 1 atom stereocenters. The highest BCUT2D eigenvalue weighted by Gasteiger charge is 2.25. The second-order valence-corrected chi connectivity index (χ2v) is 6.10. The average Bonchev–Trinajstić information content (AvgIpc) is 2.47. The van der Waals surface area contributed by atoms with Gasteiger partial charge in [-0.25, -0.2) is 4.39 Å². The maximum Gasteiger partial charge on any atom is 0.146 e. The summed E-state index contributed by atoms with van der Waals surface area (Å²) in [5.41, 5.74) is 1.79. The van der Waals surface area contributed by atoms with E-state index < -0.39 is 0 Å². The first-order valence-corrected chi connectivity index (χ1v) is 7.96. The van der Waals surface area contributed by atoms with Gasteiger partial charge in [0.15, 0.2) is 0 Å². The molecule has 1 aliphatic heterocycles. The summed E-state index contributed by atoms with van der Waals surface area (Å²) in [6.07, 6.45) is 0.965. The summed E-state index contributed by atoms with van der Waals surface area (Å²) >= 11 is 0. The largest absolute Gasteiger partial charge is 0.377 e. The summed E-state index contributed by atoms with van der Waals surface area (Å²) in [6.45, 7) is 10.2. The minimum atomic E-state index is -0.126. The fraction of sp³-hybridized carbons (Fsp3) is 0.647. The predicted molar refractivity (Wildman–Crippen MR) is 85.2 cm³/mol. The van der Waals surface area contributed by atoms with E-state index in [1.165, 1.54) is 0 Å². The molecule has 118 valence electrons. The topological polar surface area (TPSA) is 24.5 Å². The zero-order valence-corrected chi connectivity index (χ0v) is 13.4. The van der Waals surface area contributed by atoms with Crippen LogP contribution < -0.4 is 10.2 Å². The maximum atomic E-state index is 14.4. The van der Waals surface area contributed by atoms with Crippen LogP contribution in [0.4, 0.5) is 10.1 Å². The molecule has 3 nitrogen and oxygen atoms in total. The monoisotopic (exact) mass is 294 g/mol. The third-order valence-corrected chi connectivity index (χ3v) is 3.92. The van der Waals surface area contributed by atoms with Gasteiger partial charge in [-0.2, -0.15) is 0 Å². The quantitative estimate of drug-likeness (QED) is 0.872. The molecule has 21 heavy (non-hydrogen) atoms. The fourth-order valence-corrected chi connectivity index (χ4v) is 2.81. The lowest BCUT2D eigenvalue weighted by molar-refractivity contribution is 0.0925. The minimum Gasteiger partial charge on any atom is -0.377 e. The van der Waals surface area contributed by atoms with Gasteiger partial charge in [0.05, 0.1) is 24.9 Å². The van der Waals surface area contributed by atoms with Crippen molar-refractivity contribution in [2.45, 2.75) is 39.8 Å². The summed E-state index contributed by atoms with van der Waals surface area (Å²) in [7, 11) is 0. The number of nitrogens with one attached hydrogen (secondary N) is 1. The van der Waals surface area contributed by atoms with E-state index in [2.05, 4.69) is 31.0 Å². The van der Waals surface area contributed by atoms with E-state index in [1.807, 2.05) is 6.07 Å². The van der Waals surface area contributed by atoms with E-state index in [0.717, 1.165) is 30.8 Å². The molecule has 0 radical (unpaired) electrons. The number of benzene rings is 1. The van der Waals surface area contributed by atoms with Gasteiger partial charge in [-0.15, -0.1) is 0 Å². The molecule has 0 aromatic heterocycles. The molecule has 1 unspecified atom stereocenters. The highest BCUT2D eigenvalue weighted by Crippen LogP contribution is 2.28. The van der Waals surface area contributed by atoms with E-state index in [-0.39, 0.29) is 11.9 Å². The van der Waals surface area contributed by atoms with E-state index >= 15 is 0 Å². The van der Waals surface area contributed by atoms with Crippen molar-refractivity contribution in [2.24, 2.45) is 5.92 Å². The van der Waals surface area contributed by atoms with E-state index in [9.17, 15) is 4.39 Å². The normalized spacial score (nSPS) is 19.3. The van der Waals surface area contributed by atoms with Crippen molar-refractivity contribution in [1.82, 2.24) is 5.32 Å².